The molecular formula is C20H14ClF5N6O2. The molecule has 4 rings (SSSR count). The number of nitrogens with two attached hydrogens (primary N) is 1. The Hall–Kier alpha value is -3.58. The molecule has 0 bridgehead atoms. The van der Waals surface area contributed by atoms with Crippen LogP contribution in [0, 0.1) is 17.5 Å². The molecule has 0 unspecified atom stereocenters. The molecule has 34 heavy (non-hydrogen) atoms. The summed E-state index contributed by atoms with van der Waals surface area (Å²) in [5.41, 5.74) is 5.09. The van der Waals surface area contributed by atoms with E-state index in [9.17, 15) is 17.6 Å². The zero-order chi connectivity index (χ0) is 24.6. The molecule has 0 saturated carbocycles. The van der Waals surface area contributed by atoms with Crippen molar-refractivity contribution in [1.29, 1.82) is 0 Å². The van der Waals surface area contributed by atoms with E-state index in [0.29, 0.717) is 4.68 Å². The molecule has 2 aromatic heterocycles. The van der Waals surface area contributed by atoms with Crippen molar-refractivity contribution in [3.8, 4) is 16.9 Å². The maximum atomic E-state index is 15.3. The van der Waals surface area contributed by atoms with Crippen molar-refractivity contribution in [3.05, 3.63) is 59.2 Å². The second-order valence-corrected chi connectivity index (χ2v) is 7.24. The molecule has 0 radical (unpaired) electrons. The zero-order valence-corrected chi connectivity index (χ0v) is 17.9. The minimum Gasteiger partial charge on any atom is -0.479 e. The number of benzene rings is 2. The summed E-state index contributed by atoms with van der Waals surface area (Å²) in [4.78, 5) is 11.6. The standard InChI is InChI=1S/C20H14ClF5N6O2/c1-33-5-12(19-30-7-32(31-19)20(25)26)34-11-4-10(23)13(17-14(11)18(27)29-6-28-17)8-2-3-9(22)15(21)16(8)24/h2-4,6-7,12,20H,5H2,1H3,(H2,27,28,29)/t12-/m0/s1. The molecule has 2 N–H and O–H groups in total. The molecule has 1 atom stereocenters. The minimum atomic E-state index is -2.94. The average molecular weight is 501 g/mol. The molecule has 2 heterocycles. The summed E-state index contributed by atoms with van der Waals surface area (Å²) in [6.45, 7) is -3.14. The van der Waals surface area contributed by atoms with Gasteiger partial charge in [0.25, 0.3) is 0 Å². The van der Waals surface area contributed by atoms with Gasteiger partial charge in [-0.15, -0.1) is 5.10 Å². The van der Waals surface area contributed by atoms with Gasteiger partial charge in [-0.3, -0.25) is 0 Å². The molecule has 178 valence electrons. The summed E-state index contributed by atoms with van der Waals surface area (Å²) in [6, 6.07) is 2.75. The van der Waals surface area contributed by atoms with Crippen LogP contribution < -0.4 is 10.5 Å². The molecule has 0 aliphatic heterocycles. The normalized spacial score (nSPS) is 12.5. The van der Waals surface area contributed by atoms with Crippen LogP contribution in [0.25, 0.3) is 22.0 Å². The van der Waals surface area contributed by atoms with Gasteiger partial charge in [0.2, 0.25) is 0 Å². The van der Waals surface area contributed by atoms with Crippen LogP contribution in [0.5, 0.6) is 5.75 Å². The van der Waals surface area contributed by atoms with E-state index in [2.05, 4.69) is 20.1 Å². The van der Waals surface area contributed by atoms with Crippen molar-refractivity contribution in [2.24, 2.45) is 0 Å². The first kappa shape index (κ1) is 23.6. The molecular weight excluding hydrogens is 487 g/mol. The second kappa shape index (κ2) is 9.35. The van der Waals surface area contributed by atoms with Crippen LogP contribution in [0.15, 0.2) is 30.9 Å². The van der Waals surface area contributed by atoms with E-state index in [-0.39, 0.29) is 46.0 Å². The van der Waals surface area contributed by atoms with Gasteiger partial charge in [-0.2, -0.15) is 13.5 Å². The Bertz CT molecular complexity index is 1370. The van der Waals surface area contributed by atoms with E-state index < -0.39 is 35.1 Å². The van der Waals surface area contributed by atoms with Crippen LogP contribution in [-0.2, 0) is 4.74 Å². The molecule has 0 aliphatic carbocycles. The van der Waals surface area contributed by atoms with E-state index in [4.69, 9.17) is 26.8 Å². The number of fused-ring (bicyclic) bond motifs is 1. The number of anilines is 1. The highest BCUT2D eigenvalue weighted by molar-refractivity contribution is 6.31. The van der Waals surface area contributed by atoms with Gasteiger partial charge < -0.3 is 15.2 Å². The Balaban J connectivity index is 1.88. The number of nitrogen functional groups attached to an aromatic ring is 1. The van der Waals surface area contributed by atoms with Crippen LogP contribution >= 0.6 is 11.6 Å². The maximum Gasteiger partial charge on any atom is 0.334 e. The van der Waals surface area contributed by atoms with Gasteiger partial charge in [0.05, 0.1) is 17.5 Å². The molecule has 0 amide bonds. The number of ether oxygens (including phenoxy) is 2. The molecule has 0 spiro atoms. The third-order valence-corrected chi connectivity index (χ3v) is 5.11. The van der Waals surface area contributed by atoms with Crippen molar-refractivity contribution in [2.75, 3.05) is 19.5 Å². The summed E-state index contributed by atoms with van der Waals surface area (Å²) in [5, 5.41) is 2.79. The number of hydrogen-bond acceptors (Lipinski definition) is 7. The SMILES string of the molecule is COC[C@H](Oc1cc(F)c(-c2ccc(F)c(Cl)c2F)c2ncnc(N)c12)c1ncn(C(F)F)n1. The van der Waals surface area contributed by atoms with Crippen LogP contribution in [0.2, 0.25) is 5.02 Å². The second-order valence-electron chi connectivity index (χ2n) is 6.86. The predicted molar refractivity (Wildman–Crippen MR) is 111 cm³/mol. The molecule has 8 nitrogen and oxygen atoms in total. The Labute approximate surface area is 193 Å². The highest BCUT2D eigenvalue weighted by Crippen LogP contribution is 2.41. The summed E-state index contributed by atoms with van der Waals surface area (Å²) in [7, 11) is 1.32. The Morgan fingerprint density at radius 2 is 1.88 bits per heavy atom. The van der Waals surface area contributed by atoms with Crippen molar-refractivity contribution in [2.45, 2.75) is 12.7 Å². The van der Waals surface area contributed by atoms with Crippen molar-refractivity contribution < 1.29 is 31.4 Å². The van der Waals surface area contributed by atoms with Crippen molar-refractivity contribution in [3.63, 3.8) is 0 Å². The quantitative estimate of drug-likeness (QED) is 0.290. The Kier molecular flexibility index (Phi) is 6.48. The lowest BCUT2D eigenvalue weighted by atomic mass is 10.00. The molecule has 0 saturated heterocycles. The Morgan fingerprint density at radius 1 is 1.12 bits per heavy atom. The minimum absolute atomic E-state index is 0.0202. The first-order chi connectivity index (χ1) is 16.2. The smallest absolute Gasteiger partial charge is 0.334 e. The largest absolute Gasteiger partial charge is 0.479 e. The van der Waals surface area contributed by atoms with Gasteiger partial charge in [0.1, 0.15) is 40.9 Å². The molecule has 2 aromatic carbocycles. The van der Waals surface area contributed by atoms with Crippen LogP contribution in [0.3, 0.4) is 0 Å². The van der Waals surface area contributed by atoms with Gasteiger partial charge in [-0.25, -0.2) is 28.1 Å². The van der Waals surface area contributed by atoms with Gasteiger partial charge >= 0.3 is 6.55 Å². The van der Waals surface area contributed by atoms with E-state index in [1.807, 2.05) is 0 Å². The predicted octanol–water partition coefficient (Wildman–Crippen LogP) is 4.70. The van der Waals surface area contributed by atoms with Gasteiger partial charge in [-0.1, -0.05) is 11.6 Å². The molecule has 4 aromatic rings. The monoisotopic (exact) mass is 500 g/mol. The topological polar surface area (TPSA) is 101 Å². The highest BCUT2D eigenvalue weighted by atomic mass is 35.5. The summed E-state index contributed by atoms with van der Waals surface area (Å²) >= 11 is 5.66. The summed E-state index contributed by atoms with van der Waals surface area (Å²) in [6.07, 6.45) is 0.660. The molecule has 0 fully saturated rings. The fourth-order valence-corrected chi connectivity index (χ4v) is 3.43. The number of methoxy groups -OCH3 is 1. The number of alkyl halides is 2. The summed E-state index contributed by atoms with van der Waals surface area (Å²) in [5.74, 6) is -3.78. The number of aromatic nitrogens is 5. The number of rotatable bonds is 7. The van der Waals surface area contributed by atoms with Crippen LogP contribution in [-0.4, -0.2) is 38.4 Å². The number of halogens is 6. The average Bonchev–Trinajstić information content (AvgIpc) is 3.29. The van der Waals surface area contributed by atoms with E-state index in [1.54, 1.807) is 0 Å². The third kappa shape index (κ3) is 4.19. The lowest BCUT2D eigenvalue weighted by Crippen LogP contribution is -2.17. The molecule has 14 heteroatoms. The number of hydrogen-bond donors (Lipinski definition) is 1. The number of nitrogens with zero attached hydrogens (tertiary/aromatic N) is 5. The zero-order valence-electron chi connectivity index (χ0n) is 17.1. The first-order valence-electron chi connectivity index (χ1n) is 9.44. The maximum absolute atomic E-state index is 15.3. The van der Waals surface area contributed by atoms with Crippen molar-refractivity contribution in [1.82, 2.24) is 24.7 Å². The van der Waals surface area contributed by atoms with Gasteiger partial charge in [-0.05, 0) is 12.1 Å². The van der Waals surface area contributed by atoms with Crippen molar-refractivity contribution >= 4 is 28.3 Å². The van der Waals surface area contributed by atoms with E-state index >= 15 is 4.39 Å². The summed E-state index contributed by atoms with van der Waals surface area (Å²) < 4.78 is 80.6. The van der Waals surface area contributed by atoms with Gasteiger partial charge in [0.15, 0.2) is 17.7 Å². The molecule has 0 aliphatic rings. The van der Waals surface area contributed by atoms with Gasteiger partial charge in [0, 0.05) is 24.3 Å². The lowest BCUT2D eigenvalue weighted by Gasteiger charge is -2.19. The van der Waals surface area contributed by atoms with Crippen LogP contribution in [0.1, 0.15) is 18.5 Å². The first-order valence-corrected chi connectivity index (χ1v) is 9.82. The highest BCUT2D eigenvalue weighted by Gasteiger charge is 2.26. The van der Waals surface area contributed by atoms with E-state index in [0.717, 1.165) is 30.9 Å². The Morgan fingerprint density at radius 3 is 2.56 bits per heavy atom. The van der Waals surface area contributed by atoms with Crippen LogP contribution in [0.4, 0.5) is 27.8 Å². The third-order valence-electron chi connectivity index (χ3n) is 4.76. The fraction of sp³-hybridized carbons (Fsp3) is 0.200. The lowest BCUT2D eigenvalue weighted by molar-refractivity contribution is 0.0511. The fourth-order valence-electron chi connectivity index (χ4n) is 3.27. The van der Waals surface area contributed by atoms with E-state index in [1.165, 1.54) is 7.11 Å².